The number of carbonyl (C=O) groups excluding carboxylic acids is 1. The molecule has 0 radical (unpaired) electrons. The summed E-state index contributed by atoms with van der Waals surface area (Å²) >= 11 is 6.02. The van der Waals surface area contributed by atoms with E-state index in [1.165, 1.54) is 48.4 Å². The Bertz CT molecular complexity index is 1480. The summed E-state index contributed by atoms with van der Waals surface area (Å²) in [6, 6.07) is 14.3. The van der Waals surface area contributed by atoms with Gasteiger partial charge in [-0.15, -0.1) is 0 Å². The number of nitrogens with zero attached hydrogens (tertiary/aromatic N) is 3. The van der Waals surface area contributed by atoms with E-state index in [1.807, 2.05) is 0 Å². The number of rotatable bonds is 8. The van der Waals surface area contributed by atoms with Crippen LogP contribution in [0.25, 0.3) is 0 Å². The van der Waals surface area contributed by atoms with Gasteiger partial charge in [0, 0.05) is 17.6 Å². The highest BCUT2D eigenvalue weighted by molar-refractivity contribution is 7.89. The third-order valence-corrected chi connectivity index (χ3v) is 8.31. The van der Waals surface area contributed by atoms with Crippen molar-refractivity contribution in [2.75, 3.05) is 13.7 Å². The zero-order valence-electron chi connectivity index (χ0n) is 19.9. The summed E-state index contributed by atoms with van der Waals surface area (Å²) in [5.74, 6) is -1.63. The number of sulfonamides is 1. The molecule has 198 valence electrons. The molecule has 0 aliphatic carbocycles. The summed E-state index contributed by atoms with van der Waals surface area (Å²) in [6.45, 7) is -0.856. The summed E-state index contributed by atoms with van der Waals surface area (Å²) in [6.07, 6.45) is 0. The Morgan fingerprint density at radius 2 is 1.74 bits per heavy atom. The van der Waals surface area contributed by atoms with Crippen LogP contribution in [0.1, 0.15) is 17.2 Å². The minimum absolute atomic E-state index is 0.0285. The van der Waals surface area contributed by atoms with E-state index in [9.17, 15) is 33.2 Å². The molecule has 0 bridgehead atoms. The van der Waals surface area contributed by atoms with Crippen molar-refractivity contribution in [2.45, 2.75) is 23.5 Å². The molecular formula is C25H22ClN3O8S. The highest BCUT2D eigenvalue weighted by Gasteiger charge is 2.51. The van der Waals surface area contributed by atoms with Gasteiger partial charge in [-0.1, -0.05) is 48.0 Å². The maximum absolute atomic E-state index is 13.7. The van der Waals surface area contributed by atoms with Crippen molar-refractivity contribution in [3.05, 3.63) is 99.1 Å². The van der Waals surface area contributed by atoms with Crippen LogP contribution >= 0.6 is 11.6 Å². The van der Waals surface area contributed by atoms with E-state index in [0.29, 0.717) is 26.2 Å². The highest BCUT2D eigenvalue weighted by atomic mass is 35.5. The molecule has 1 fully saturated rings. The normalized spacial score (nSPS) is 18.3. The monoisotopic (exact) mass is 559 g/mol. The molecule has 11 nitrogen and oxygen atoms in total. The van der Waals surface area contributed by atoms with E-state index < -0.39 is 56.0 Å². The summed E-state index contributed by atoms with van der Waals surface area (Å²) in [7, 11) is -3.30. The Hall–Kier alpha value is -4.00. The number of ether oxygens (including phenoxy) is 1. The lowest BCUT2D eigenvalue weighted by atomic mass is 9.94. The first-order chi connectivity index (χ1) is 18.0. The van der Waals surface area contributed by atoms with Crippen LogP contribution in [-0.2, 0) is 26.2 Å². The largest absolute Gasteiger partial charge is 0.497 e. The molecule has 38 heavy (non-hydrogen) atoms. The van der Waals surface area contributed by atoms with E-state index >= 15 is 0 Å². The predicted molar refractivity (Wildman–Crippen MR) is 136 cm³/mol. The molecule has 2 unspecified atom stereocenters. The topological polar surface area (TPSA) is 147 Å². The molecule has 0 aromatic heterocycles. The number of aliphatic carboxylic acids is 1. The minimum Gasteiger partial charge on any atom is -0.497 e. The summed E-state index contributed by atoms with van der Waals surface area (Å²) in [4.78, 5) is 37.4. The van der Waals surface area contributed by atoms with E-state index in [-0.39, 0.29) is 6.54 Å². The Morgan fingerprint density at radius 3 is 2.32 bits per heavy atom. The minimum atomic E-state index is -4.80. The van der Waals surface area contributed by atoms with Gasteiger partial charge in [-0.25, -0.2) is 8.42 Å². The number of para-hydroxylation sites is 1. The van der Waals surface area contributed by atoms with Gasteiger partial charge in [0.2, 0.25) is 5.91 Å². The van der Waals surface area contributed by atoms with Gasteiger partial charge in [0.25, 0.3) is 15.7 Å². The number of nitro groups is 1. The average Bonchev–Trinajstić information content (AvgIpc) is 2.90. The fourth-order valence-corrected chi connectivity index (χ4v) is 6.21. The van der Waals surface area contributed by atoms with Crippen LogP contribution in [0.2, 0.25) is 5.02 Å². The first-order valence-corrected chi connectivity index (χ1v) is 13.0. The number of amides is 1. The number of hydrogen-bond donors (Lipinski definition) is 1. The second-order valence-electron chi connectivity index (χ2n) is 8.42. The van der Waals surface area contributed by atoms with Gasteiger partial charge in [0.15, 0.2) is 4.90 Å². The molecule has 1 saturated heterocycles. The van der Waals surface area contributed by atoms with Crippen molar-refractivity contribution >= 4 is 39.2 Å². The molecule has 1 aliphatic heterocycles. The number of hydrogen-bond acceptors (Lipinski definition) is 7. The zero-order chi connectivity index (χ0) is 27.6. The van der Waals surface area contributed by atoms with E-state index in [2.05, 4.69) is 0 Å². The van der Waals surface area contributed by atoms with Gasteiger partial charge in [-0.05, 0) is 41.5 Å². The van der Waals surface area contributed by atoms with Gasteiger partial charge in [-0.2, -0.15) is 4.31 Å². The number of benzene rings is 3. The number of halogens is 1. The Labute approximate surface area is 223 Å². The molecule has 3 aromatic carbocycles. The SMILES string of the molecule is COc1ccc(CN2C(=O)CN(S(=O)(=O)c3ccccc3[N+](=O)[O-])C(C(=O)O)C2c2ccc(Cl)cc2)cc1. The molecule has 1 amide bonds. The average molecular weight is 560 g/mol. The van der Waals surface area contributed by atoms with E-state index in [4.69, 9.17) is 16.3 Å². The fourth-order valence-electron chi connectivity index (χ4n) is 4.39. The number of carboxylic acids is 1. The van der Waals surface area contributed by atoms with Gasteiger partial charge in [0.05, 0.1) is 24.6 Å². The molecule has 1 heterocycles. The van der Waals surface area contributed by atoms with Crippen LogP contribution in [0.3, 0.4) is 0 Å². The number of carbonyl (C=O) groups is 2. The first kappa shape index (κ1) is 27.0. The van der Waals surface area contributed by atoms with Crippen molar-refractivity contribution in [1.82, 2.24) is 9.21 Å². The molecule has 3 aromatic rings. The molecule has 0 saturated carbocycles. The van der Waals surface area contributed by atoms with Crippen molar-refractivity contribution in [2.24, 2.45) is 0 Å². The van der Waals surface area contributed by atoms with Crippen molar-refractivity contribution in [1.29, 1.82) is 0 Å². The van der Waals surface area contributed by atoms with Crippen molar-refractivity contribution in [3.8, 4) is 5.75 Å². The predicted octanol–water partition coefficient (Wildman–Crippen LogP) is 3.48. The molecule has 1 N–H and O–H groups in total. The van der Waals surface area contributed by atoms with Gasteiger partial charge < -0.3 is 14.7 Å². The van der Waals surface area contributed by atoms with Crippen LogP contribution in [0.4, 0.5) is 5.69 Å². The quantitative estimate of drug-likeness (QED) is 0.326. The van der Waals surface area contributed by atoms with Gasteiger partial charge >= 0.3 is 5.97 Å². The number of carboxylic acid groups (broad SMARTS) is 1. The summed E-state index contributed by atoms with van der Waals surface area (Å²) in [5, 5.41) is 22.2. The third-order valence-electron chi connectivity index (χ3n) is 6.18. The van der Waals surface area contributed by atoms with Gasteiger partial charge in [0.1, 0.15) is 11.8 Å². The number of methoxy groups -OCH3 is 1. The maximum atomic E-state index is 13.7. The van der Waals surface area contributed by atoms with E-state index in [1.54, 1.807) is 24.3 Å². The standard InChI is InChI=1S/C25H22ClN3O8S/c1-37-19-12-6-16(7-13-19)14-27-22(30)15-28(38(35,36)21-5-3-2-4-20(21)29(33)34)24(25(31)32)23(27)17-8-10-18(26)11-9-17/h2-13,23-24H,14-15H2,1H3,(H,31,32). The van der Waals surface area contributed by atoms with Crippen LogP contribution in [-0.4, -0.2) is 59.2 Å². The second-order valence-corrected chi connectivity index (χ2v) is 10.7. The van der Waals surface area contributed by atoms with Crippen LogP contribution in [0.15, 0.2) is 77.7 Å². The molecule has 1 aliphatic rings. The first-order valence-electron chi connectivity index (χ1n) is 11.2. The highest BCUT2D eigenvalue weighted by Crippen LogP contribution is 2.38. The van der Waals surface area contributed by atoms with Crippen LogP contribution in [0, 0.1) is 10.1 Å². The lowest BCUT2D eigenvalue weighted by Gasteiger charge is -2.44. The Morgan fingerprint density at radius 1 is 1.11 bits per heavy atom. The Kier molecular flexibility index (Phi) is 7.67. The number of nitro benzene ring substituents is 1. The van der Waals surface area contributed by atoms with Gasteiger partial charge in [-0.3, -0.25) is 19.7 Å². The molecular weight excluding hydrogens is 538 g/mol. The molecule has 2 atom stereocenters. The van der Waals surface area contributed by atoms with Crippen LogP contribution < -0.4 is 4.74 Å². The van der Waals surface area contributed by atoms with Crippen LogP contribution in [0.5, 0.6) is 5.75 Å². The molecule has 0 spiro atoms. The van der Waals surface area contributed by atoms with Crippen molar-refractivity contribution < 1.29 is 32.8 Å². The second kappa shape index (κ2) is 10.8. The Balaban J connectivity index is 1.85. The lowest BCUT2D eigenvalue weighted by Crippen LogP contribution is -2.61. The smallest absolute Gasteiger partial charge is 0.324 e. The maximum Gasteiger partial charge on any atom is 0.324 e. The molecule has 13 heteroatoms. The third kappa shape index (κ3) is 5.19. The number of piperazine rings is 1. The van der Waals surface area contributed by atoms with E-state index in [0.717, 1.165) is 12.1 Å². The van der Waals surface area contributed by atoms with Crippen molar-refractivity contribution in [3.63, 3.8) is 0 Å². The zero-order valence-corrected chi connectivity index (χ0v) is 21.5. The fraction of sp³-hybridized carbons (Fsp3) is 0.200. The lowest BCUT2D eigenvalue weighted by molar-refractivity contribution is -0.387. The summed E-state index contributed by atoms with van der Waals surface area (Å²) in [5.41, 5.74) is 0.246. The summed E-state index contributed by atoms with van der Waals surface area (Å²) < 4.78 is 33.1. The molecule has 4 rings (SSSR count).